The van der Waals surface area contributed by atoms with Crippen LogP contribution >= 0.6 is 0 Å². The second kappa shape index (κ2) is 2.74. The van der Waals surface area contributed by atoms with Crippen LogP contribution in [0.2, 0.25) is 0 Å². The molecule has 0 atom stereocenters. The van der Waals surface area contributed by atoms with Crippen molar-refractivity contribution in [1.82, 2.24) is 10.2 Å². The van der Waals surface area contributed by atoms with Crippen LogP contribution in [-0.4, -0.2) is 44.0 Å². The summed E-state index contributed by atoms with van der Waals surface area (Å²) >= 11 is 0. The average molecular weight is 182 g/mol. The third-order valence-corrected chi connectivity index (χ3v) is 2.09. The van der Waals surface area contributed by atoms with Crippen LogP contribution in [0.3, 0.4) is 0 Å². The van der Waals surface area contributed by atoms with E-state index in [1.165, 1.54) is 0 Å². The van der Waals surface area contributed by atoms with Crippen LogP contribution in [-0.2, 0) is 0 Å². The van der Waals surface area contributed by atoms with Crippen molar-refractivity contribution in [2.75, 3.05) is 19.3 Å². The van der Waals surface area contributed by atoms with Crippen molar-refractivity contribution in [2.45, 2.75) is 0 Å². The van der Waals surface area contributed by atoms with Gasteiger partial charge in [0.2, 0.25) is 0 Å². The second-order valence-electron chi connectivity index (χ2n) is 2.32. The predicted octanol–water partition coefficient (Wildman–Crippen LogP) is -0.579. The van der Waals surface area contributed by atoms with Crippen molar-refractivity contribution in [3.63, 3.8) is 0 Å². The van der Waals surface area contributed by atoms with Gasteiger partial charge in [-0.3, -0.25) is 0 Å². The highest BCUT2D eigenvalue weighted by Crippen LogP contribution is 2.06. The first-order chi connectivity index (χ1) is 4.99. The summed E-state index contributed by atoms with van der Waals surface area (Å²) in [4.78, 5) is 19.7. The lowest BCUT2D eigenvalue weighted by molar-refractivity contribution is 0.215. The highest BCUT2D eigenvalue weighted by Gasteiger charge is 2.39. The van der Waals surface area contributed by atoms with Crippen LogP contribution in [0.25, 0.3) is 0 Å². The van der Waals surface area contributed by atoms with Gasteiger partial charge >= 0.3 is 15.0 Å². The molecule has 0 radical (unpaired) electrons. The maximum Gasteiger partial charge on any atom is 0.595 e. The monoisotopic (exact) mass is 182 g/mol. The highest BCUT2D eigenvalue weighted by atomic mass is 28.4. The Morgan fingerprint density at radius 3 is 2.73 bits per heavy atom. The van der Waals surface area contributed by atoms with Gasteiger partial charge in [-0.25, -0.2) is 13.0 Å². The molecular weight excluding hydrogens is 174 g/mol. The van der Waals surface area contributed by atoms with E-state index in [-0.39, 0.29) is 6.54 Å². The van der Waals surface area contributed by atoms with Gasteiger partial charge in [0.25, 0.3) is 0 Å². The minimum atomic E-state index is -5.10. The van der Waals surface area contributed by atoms with Crippen LogP contribution in [0.15, 0.2) is 0 Å². The van der Waals surface area contributed by atoms with E-state index in [0.29, 0.717) is 6.54 Å². The van der Waals surface area contributed by atoms with Gasteiger partial charge in [0.1, 0.15) is 0 Å². The summed E-state index contributed by atoms with van der Waals surface area (Å²) < 4.78 is 24.0. The van der Waals surface area contributed by atoms with Crippen LogP contribution in [0.5, 0.6) is 0 Å². The van der Waals surface area contributed by atoms with Gasteiger partial charge in [-0.15, -0.1) is 0 Å². The summed E-state index contributed by atoms with van der Waals surface area (Å²) in [7, 11) is -5.10. The number of hydrogen-bond acceptors (Lipinski definition) is 2. The maximum absolute atomic E-state index is 12.0. The summed E-state index contributed by atoms with van der Waals surface area (Å²) in [5.41, 5.74) is 0. The van der Waals surface area contributed by atoms with Gasteiger partial charge in [0.05, 0.1) is 6.17 Å². The molecule has 1 rings (SSSR count). The van der Waals surface area contributed by atoms with E-state index in [1.54, 1.807) is 0 Å². The molecule has 1 heterocycles. The lowest BCUT2D eigenvalue weighted by Gasteiger charge is -2.14. The van der Waals surface area contributed by atoms with Crippen molar-refractivity contribution in [1.29, 1.82) is 0 Å². The maximum atomic E-state index is 12.0. The minimum absolute atomic E-state index is 0.252. The average Bonchev–Trinajstić information content (AvgIpc) is 2.12. The molecule has 4 nitrogen and oxygen atoms in total. The smallest absolute Gasteiger partial charge is 0.383 e. The summed E-state index contributed by atoms with van der Waals surface area (Å²) in [6.07, 6.45) is -0.793. The van der Waals surface area contributed by atoms with Gasteiger partial charge in [0, 0.05) is 13.1 Å². The fourth-order valence-corrected chi connectivity index (χ4v) is 1.65. The molecule has 1 saturated heterocycles. The van der Waals surface area contributed by atoms with E-state index in [0.717, 1.165) is 4.90 Å². The van der Waals surface area contributed by atoms with Crippen molar-refractivity contribution in [2.24, 2.45) is 0 Å². The highest BCUT2D eigenvalue weighted by molar-refractivity contribution is 6.58. The quantitative estimate of drug-likeness (QED) is 0.443. The number of hydrogen-bond donors (Lipinski definition) is 2. The Morgan fingerprint density at radius 2 is 2.36 bits per heavy atom. The number of nitrogens with zero attached hydrogens (tertiary/aromatic N) is 1. The molecule has 1 aliphatic rings. The SMILES string of the molecule is O=C1NCCN1C[Si](O)(F)F. The molecule has 2 amide bonds. The Balaban J connectivity index is 2.43. The number of amides is 2. The lowest BCUT2D eigenvalue weighted by Crippen LogP contribution is -2.42. The number of rotatable bonds is 2. The minimum Gasteiger partial charge on any atom is -0.383 e. The molecule has 7 heteroatoms. The van der Waals surface area contributed by atoms with Crippen molar-refractivity contribution < 1.29 is 17.8 Å². The van der Waals surface area contributed by atoms with Gasteiger partial charge in [-0.2, -0.15) is 0 Å². The van der Waals surface area contributed by atoms with Crippen LogP contribution in [0, 0.1) is 0 Å². The third kappa shape index (κ3) is 2.43. The molecule has 11 heavy (non-hydrogen) atoms. The number of carbonyl (C=O) groups excluding carboxylic acids is 1. The summed E-state index contributed by atoms with van der Waals surface area (Å²) in [5.74, 6) is 0. The summed E-state index contributed by atoms with van der Waals surface area (Å²) in [5, 5.41) is 2.36. The van der Waals surface area contributed by atoms with Crippen LogP contribution in [0.1, 0.15) is 0 Å². The molecule has 0 spiro atoms. The Kier molecular flexibility index (Phi) is 2.09. The zero-order chi connectivity index (χ0) is 8.48. The standard InChI is InChI=1S/C4H8F2N2O2Si/c5-11(6,10)3-8-2-1-7-4(8)9/h10H,1-3H2,(H,7,9). The van der Waals surface area contributed by atoms with E-state index < -0.39 is 21.2 Å². The fourth-order valence-electron chi connectivity index (χ4n) is 0.892. The van der Waals surface area contributed by atoms with E-state index in [2.05, 4.69) is 5.32 Å². The largest absolute Gasteiger partial charge is 0.595 e. The molecule has 0 aliphatic carbocycles. The number of urea groups is 1. The first kappa shape index (κ1) is 8.40. The fraction of sp³-hybridized carbons (Fsp3) is 0.750. The normalized spacial score (nSPS) is 18.8. The number of halogens is 2. The Hall–Kier alpha value is -0.693. The van der Waals surface area contributed by atoms with E-state index in [4.69, 9.17) is 4.80 Å². The molecule has 1 aliphatic heterocycles. The predicted molar refractivity (Wildman–Crippen MR) is 35.2 cm³/mol. The van der Waals surface area contributed by atoms with E-state index >= 15 is 0 Å². The second-order valence-corrected chi connectivity index (χ2v) is 3.97. The Bertz CT molecular complexity index is 172. The first-order valence-electron chi connectivity index (χ1n) is 3.12. The molecule has 0 saturated carbocycles. The molecular formula is C4H8F2N2O2Si. The van der Waals surface area contributed by atoms with Gasteiger partial charge in [0.15, 0.2) is 0 Å². The lowest BCUT2D eigenvalue weighted by atomic mass is 10.7. The van der Waals surface area contributed by atoms with Crippen molar-refractivity contribution >= 4 is 15.0 Å². The molecule has 64 valence electrons. The topological polar surface area (TPSA) is 52.6 Å². The molecule has 0 unspecified atom stereocenters. The van der Waals surface area contributed by atoms with Crippen molar-refractivity contribution in [3.05, 3.63) is 0 Å². The van der Waals surface area contributed by atoms with E-state index in [1.807, 2.05) is 0 Å². The number of nitrogens with one attached hydrogen (secondary N) is 1. The zero-order valence-electron chi connectivity index (χ0n) is 5.68. The third-order valence-electron chi connectivity index (χ3n) is 1.33. The molecule has 0 bridgehead atoms. The summed E-state index contributed by atoms with van der Waals surface area (Å²) in [6.45, 7) is 0.630. The molecule has 0 aromatic rings. The van der Waals surface area contributed by atoms with Crippen LogP contribution in [0.4, 0.5) is 13.0 Å². The van der Waals surface area contributed by atoms with E-state index in [9.17, 15) is 13.0 Å². The Labute approximate surface area is 63.3 Å². The summed E-state index contributed by atoms with van der Waals surface area (Å²) in [6, 6.07) is -0.522. The molecule has 0 aromatic carbocycles. The van der Waals surface area contributed by atoms with Crippen LogP contribution < -0.4 is 5.32 Å². The van der Waals surface area contributed by atoms with Gasteiger partial charge < -0.3 is 15.0 Å². The first-order valence-corrected chi connectivity index (χ1v) is 5.03. The van der Waals surface area contributed by atoms with Gasteiger partial charge in [-0.05, 0) is 0 Å². The molecule has 0 aromatic heterocycles. The molecule has 1 fully saturated rings. The van der Waals surface area contributed by atoms with Gasteiger partial charge in [-0.1, -0.05) is 0 Å². The molecule has 2 N–H and O–H groups in total. The van der Waals surface area contributed by atoms with Crippen molar-refractivity contribution in [3.8, 4) is 0 Å². The zero-order valence-corrected chi connectivity index (χ0v) is 6.68. The number of carbonyl (C=O) groups is 1. The Morgan fingerprint density at radius 1 is 1.73 bits per heavy atom.